The second-order valence-electron chi connectivity index (χ2n) is 5.24. The summed E-state index contributed by atoms with van der Waals surface area (Å²) in [7, 11) is 1.81. The number of likely N-dealkylation sites (N-methyl/N-ethyl adjacent to an activating group) is 1. The van der Waals surface area contributed by atoms with Crippen molar-refractivity contribution in [3.63, 3.8) is 0 Å². The molecule has 2 atom stereocenters. The van der Waals surface area contributed by atoms with Crippen molar-refractivity contribution in [2.75, 3.05) is 7.05 Å². The first kappa shape index (κ1) is 14.2. The molecule has 98 valence electrons. The van der Waals surface area contributed by atoms with E-state index >= 15 is 0 Å². The van der Waals surface area contributed by atoms with Gasteiger partial charge in [0.2, 0.25) is 5.91 Å². The molecule has 0 aromatic carbocycles. The van der Waals surface area contributed by atoms with Gasteiger partial charge in [-0.1, -0.05) is 31.4 Å². The van der Waals surface area contributed by atoms with Crippen LogP contribution < -0.4 is 10.6 Å². The molecule has 17 heavy (non-hydrogen) atoms. The topological polar surface area (TPSA) is 41.1 Å². The zero-order chi connectivity index (χ0) is 12.8. The summed E-state index contributed by atoms with van der Waals surface area (Å²) in [5.74, 6) is 0.653. The van der Waals surface area contributed by atoms with Crippen LogP contribution in [0.25, 0.3) is 0 Å². The van der Waals surface area contributed by atoms with E-state index in [2.05, 4.69) is 17.2 Å². The van der Waals surface area contributed by atoms with Crippen LogP contribution in [0.2, 0.25) is 0 Å². The van der Waals surface area contributed by atoms with Crippen LogP contribution in [-0.2, 0) is 4.79 Å². The number of hydrogen-bond donors (Lipinski definition) is 2. The Bertz CT molecular complexity index is 269. The summed E-state index contributed by atoms with van der Waals surface area (Å²) in [6.07, 6.45) is 6.33. The third-order valence-electron chi connectivity index (χ3n) is 3.78. The molecule has 0 radical (unpaired) electrons. The molecule has 0 aromatic rings. The van der Waals surface area contributed by atoms with Crippen LogP contribution in [0.3, 0.4) is 0 Å². The van der Waals surface area contributed by atoms with Crippen LogP contribution in [-0.4, -0.2) is 25.0 Å². The molecule has 1 amide bonds. The maximum absolute atomic E-state index is 11.9. The van der Waals surface area contributed by atoms with Gasteiger partial charge in [-0.25, -0.2) is 0 Å². The Morgan fingerprint density at radius 3 is 2.35 bits per heavy atom. The van der Waals surface area contributed by atoms with E-state index in [1.54, 1.807) is 7.05 Å². The average Bonchev–Trinajstić information content (AvgIpc) is 2.35. The van der Waals surface area contributed by atoms with Gasteiger partial charge in [0.1, 0.15) is 0 Å². The van der Waals surface area contributed by atoms with E-state index in [0.29, 0.717) is 5.92 Å². The summed E-state index contributed by atoms with van der Waals surface area (Å²) in [5, 5.41) is 6.11. The summed E-state index contributed by atoms with van der Waals surface area (Å²) in [6, 6.07) is 0.0130. The Balaban J connectivity index is 2.59. The minimum absolute atomic E-state index is 0.0751. The molecule has 3 heteroatoms. The lowest BCUT2D eigenvalue weighted by atomic mass is 9.81. The van der Waals surface area contributed by atoms with Crippen LogP contribution in [0.4, 0.5) is 0 Å². The fraction of sp³-hybridized carbons (Fsp3) is 0.786. The van der Waals surface area contributed by atoms with Crippen LogP contribution in [0.15, 0.2) is 12.2 Å². The summed E-state index contributed by atoms with van der Waals surface area (Å²) in [5.41, 5.74) is 1.08. The Hall–Kier alpha value is -0.830. The average molecular weight is 238 g/mol. The molecule has 0 aliphatic heterocycles. The molecule has 1 aliphatic rings. The van der Waals surface area contributed by atoms with Gasteiger partial charge in [-0.3, -0.25) is 4.79 Å². The Kier molecular flexibility index (Phi) is 5.69. The van der Waals surface area contributed by atoms with Crippen molar-refractivity contribution in [2.24, 2.45) is 5.92 Å². The highest BCUT2D eigenvalue weighted by atomic mass is 16.2. The predicted octanol–water partition coefficient (Wildman–Crippen LogP) is 2.24. The lowest BCUT2D eigenvalue weighted by molar-refractivity contribution is -0.123. The molecule has 1 saturated carbocycles. The third-order valence-corrected chi connectivity index (χ3v) is 3.78. The Morgan fingerprint density at radius 2 is 1.88 bits per heavy atom. The van der Waals surface area contributed by atoms with Crippen molar-refractivity contribution in [1.82, 2.24) is 10.6 Å². The highest BCUT2D eigenvalue weighted by molar-refractivity contribution is 5.81. The molecule has 0 bridgehead atoms. The van der Waals surface area contributed by atoms with Crippen LogP contribution in [0.1, 0.15) is 46.0 Å². The fourth-order valence-corrected chi connectivity index (χ4v) is 2.52. The molecule has 3 nitrogen and oxygen atoms in total. The Morgan fingerprint density at radius 1 is 1.29 bits per heavy atom. The molecule has 0 aromatic heterocycles. The zero-order valence-electron chi connectivity index (χ0n) is 11.4. The summed E-state index contributed by atoms with van der Waals surface area (Å²) in [6.45, 7) is 7.93. The second-order valence-corrected chi connectivity index (χ2v) is 5.24. The van der Waals surface area contributed by atoms with Crippen molar-refractivity contribution in [3.8, 4) is 0 Å². The van der Waals surface area contributed by atoms with Gasteiger partial charge in [0.15, 0.2) is 0 Å². The fourth-order valence-electron chi connectivity index (χ4n) is 2.52. The van der Waals surface area contributed by atoms with E-state index in [1.165, 1.54) is 32.1 Å². The Labute approximate surface area is 105 Å². The molecule has 1 rings (SSSR count). The molecule has 0 heterocycles. The van der Waals surface area contributed by atoms with Crippen molar-refractivity contribution in [1.29, 1.82) is 0 Å². The van der Waals surface area contributed by atoms with Crippen LogP contribution >= 0.6 is 0 Å². The van der Waals surface area contributed by atoms with Crippen molar-refractivity contribution in [3.05, 3.63) is 12.2 Å². The van der Waals surface area contributed by atoms with E-state index in [0.717, 1.165) is 5.57 Å². The lowest BCUT2D eigenvalue weighted by Gasteiger charge is -2.32. The van der Waals surface area contributed by atoms with E-state index in [9.17, 15) is 4.79 Å². The minimum Gasteiger partial charge on any atom is -0.348 e. The summed E-state index contributed by atoms with van der Waals surface area (Å²) in [4.78, 5) is 11.9. The number of carbonyl (C=O) groups excluding carboxylic acids is 1. The number of rotatable bonds is 5. The van der Waals surface area contributed by atoms with Gasteiger partial charge >= 0.3 is 0 Å². The van der Waals surface area contributed by atoms with Crippen molar-refractivity contribution < 1.29 is 4.79 Å². The van der Waals surface area contributed by atoms with Crippen molar-refractivity contribution >= 4 is 5.91 Å². The van der Waals surface area contributed by atoms with Gasteiger partial charge in [-0.15, -0.1) is 0 Å². The number of amides is 1. The van der Waals surface area contributed by atoms with Gasteiger partial charge < -0.3 is 10.6 Å². The maximum atomic E-state index is 11.9. The molecule has 1 fully saturated rings. The summed E-state index contributed by atoms with van der Waals surface area (Å²) < 4.78 is 0. The van der Waals surface area contributed by atoms with Gasteiger partial charge in [0.25, 0.3) is 0 Å². The quantitative estimate of drug-likeness (QED) is 0.721. The molecule has 0 saturated heterocycles. The first-order chi connectivity index (χ1) is 8.06. The normalized spacial score (nSPS) is 20.6. The molecule has 1 aliphatic carbocycles. The highest BCUT2D eigenvalue weighted by Gasteiger charge is 2.26. The third kappa shape index (κ3) is 4.15. The largest absolute Gasteiger partial charge is 0.348 e. The number of hydrogen-bond acceptors (Lipinski definition) is 2. The van der Waals surface area contributed by atoms with Gasteiger partial charge in [0.05, 0.1) is 12.1 Å². The SMILES string of the molecule is C=C(C)C(NC(=O)[C@H](C)NC)C1CCCCC1. The lowest BCUT2D eigenvalue weighted by Crippen LogP contribution is -2.48. The second kappa shape index (κ2) is 6.80. The zero-order valence-corrected chi connectivity index (χ0v) is 11.4. The van der Waals surface area contributed by atoms with Gasteiger partial charge in [0, 0.05) is 0 Å². The smallest absolute Gasteiger partial charge is 0.237 e. The minimum atomic E-state index is -0.138. The molecular formula is C14H26N2O. The molecular weight excluding hydrogens is 212 g/mol. The predicted molar refractivity (Wildman–Crippen MR) is 71.8 cm³/mol. The molecule has 0 spiro atoms. The van der Waals surface area contributed by atoms with Gasteiger partial charge in [-0.2, -0.15) is 0 Å². The molecule has 2 N–H and O–H groups in total. The highest BCUT2D eigenvalue weighted by Crippen LogP contribution is 2.28. The number of nitrogens with one attached hydrogen (secondary N) is 2. The maximum Gasteiger partial charge on any atom is 0.237 e. The van der Waals surface area contributed by atoms with Crippen LogP contribution in [0.5, 0.6) is 0 Å². The van der Waals surface area contributed by atoms with Crippen molar-refractivity contribution in [2.45, 2.75) is 58.0 Å². The number of carbonyl (C=O) groups is 1. The standard InChI is InChI=1S/C14H26N2O/c1-10(2)13(12-8-6-5-7-9-12)16-14(17)11(3)15-4/h11-13,15H,1,5-9H2,2-4H3,(H,16,17)/t11-,13?/m0/s1. The van der Waals surface area contributed by atoms with E-state index in [-0.39, 0.29) is 18.0 Å². The van der Waals surface area contributed by atoms with E-state index < -0.39 is 0 Å². The monoisotopic (exact) mass is 238 g/mol. The molecule has 1 unspecified atom stereocenters. The first-order valence-electron chi connectivity index (χ1n) is 6.69. The summed E-state index contributed by atoms with van der Waals surface area (Å²) >= 11 is 0. The van der Waals surface area contributed by atoms with E-state index in [1.807, 2.05) is 13.8 Å². The first-order valence-corrected chi connectivity index (χ1v) is 6.69. The van der Waals surface area contributed by atoms with Gasteiger partial charge in [-0.05, 0) is 39.7 Å². The van der Waals surface area contributed by atoms with E-state index in [4.69, 9.17) is 0 Å². The van der Waals surface area contributed by atoms with Crippen LogP contribution in [0, 0.1) is 5.92 Å².